The first-order chi connectivity index (χ1) is 19.5. The highest BCUT2D eigenvalue weighted by atomic mass is 32.2. The minimum atomic E-state index is -5.01. The Hall–Kier alpha value is -4.20. The lowest BCUT2D eigenvalue weighted by Gasteiger charge is -2.18. The van der Waals surface area contributed by atoms with Crippen molar-refractivity contribution in [1.82, 2.24) is 0 Å². The molecule has 0 aromatic heterocycles. The zero-order valence-corrected chi connectivity index (χ0v) is 24.0. The summed E-state index contributed by atoms with van der Waals surface area (Å²) < 4.78 is 104. The van der Waals surface area contributed by atoms with Crippen molar-refractivity contribution in [2.75, 3.05) is 7.11 Å². The number of benzene rings is 3. The summed E-state index contributed by atoms with van der Waals surface area (Å²) >= 11 is 0. The predicted octanol–water partition coefficient (Wildman–Crippen LogP) is 4.53. The molecule has 42 heavy (non-hydrogen) atoms. The molecule has 15 nitrogen and oxygen atoms in total. The fraction of sp³-hybridized carbons (Fsp3) is 0.125. The van der Waals surface area contributed by atoms with Crippen LogP contribution in [0.4, 0.5) is 17.1 Å². The molecule has 0 spiro atoms. The zero-order valence-electron chi connectivity index (χ0n) is 21.5. The van der Waals surface area contributed by atoms with Crippen molar-refractivity contribution in [1.29, 1.82) is 0 Å². The minimum absolute atomic E-state index is 0.00907. The summed E-state index contributed by atoms with van der Waals surface area (Å²) in [7, 11) is -13.0. The van der Waals surface area contributed by atoms with Gasteiger partial charge in [-0.15, -0.1) is 15.3 Å². The molecule has 0 fully saturated rings. The second-order valence-electron chi connectivity index (χ2n) is 8.70. The summed E-state index contributed by atoms with van der Waals surface area (Å²) in [5.41, 5.74) is -0.435. The maximum absolute atomic E-state index is 13.1. The van der Waals surface area contributed by atoms with Crippen LogP contribution < -0.4 is 4.74 Å². The largest absolute Gasteiger partial charge is 0.494 e. The first-order valence-electron chi connectivity index (χ1n) is 11.4. The Kier molecular flexibility index (Phi) is 8.22. The van der Waals surface area contributed by atoms with E-state index >= 15 is 0 Å². The lowest BCUT2D eigenvalue weighted by Crippen LogP contribution is -2.20. The average molecular weight is 637 g/mol. The fourth-order valence-corrected chi connectivity index (χ4v) is 5.78. The molecule has 3 aromatic carbocycles. The third kappa shape index (κ3) is 6.48. The van der Waals surface area contributed by atoms with E-state index < -0.39 is 63.0 Å². The monoisotopic (exact) mass is 636 g/mol. The first kappa shape index (κ1) is 30.8. The third-order valence-corrected chi connectivity index (χ3v) is 8.64. The molecule has 0 aliphatic heterocycles. The summed E-state index contributed by atoms with van der Waals surface area (Å²) in [6.45, 7) is 1.58. The second kappa shape index (κ2) is 11.2. The lowest BCUT2D eigenvalue weighted by molar-refractivity contribution is 0.102. The molecule has 220 valence electrons. The van der Waals surface area contributed by atoms with Gasteiger partial charge in [0.25, 0.3) is 30.4 Å². The number of hydrogen-bond donors (Lipinski definition) is 3. The normalized spacial score (nSPS) is 14.5. The van der Waals surface area contributed by atoms with Gasteiger partial charge < -0.3 is 4.74 Å². The summed E-state index contributed by atoms with van der Waals surface area (Å²) in [6.07, 6.45) is -0.613. The molecule has 0 unspecified atom stereocenters. The number of ether oxygens (including phenoxy) is 1. The van der Waals surface area contributed by atoms with Crippen molar-refractivity contribution < 1.29 is 48.4 Å². The minimum Gasteiger partial charge on any atom is -0.494 e. The molecule has 3 aromatic rings. The Bertz CT molecular complexity index is 2050. The van der Waals surface area contributed by atoms with Gasteiger partial charge in [-0.05, 0) is 54.4 Å². The number of fused-ring (bicyclic) bond motifs is 1. The first-order valence-corrected chi connectivity index (χ1v) is 15.8. The summed E-state index contributed by atoms with van der Waals surface area (Å²) in [6, 6.07) is 11.1. The predicted molar refractivity (Wildman–Crippen MR) is 146 cm³/mol. The second-order valence-corrected chi connectivity index (χ2v) is 13.0. The van der Waals surface area contributed by atoms with Crippen molar-refractivity contribution in [3.63, 3.8) is 0 Å². The van der Waals surface area contributed by atoms with Crippen molar-refractivity contribution in [3.8, 4) is 5.75 Å². The van der Waals surface area contributed by atoms with Crippen LogP contribution in [0.3, 0.4) is 0 Å². The van der Waals surface area contributed by atoms with E-state index in [4.69, 9.17) is 4.74 Å². The molecule has 1 aliphatic carbocycles. The van der Waals surface area contributed by atoms with Crippen molar-refractivity contribution in [2.45, 2.75) is 23.1 Å². The zero-order chi connectivity index (χ0) is 31.0. The summed E-state index contributed by atoms with van der Waals surface area (Å²) in [5.74, 6) is -0.940. The van der Waals surface area contributed by atoms with Gasteiger partial charge >= 0.3 is 0 Å². The van der Waals surface area contributed by atoms with E-state index in [1.54, 1.807) is 6.92 Å². The number of azo groups is 2. The highest BCUT2D eigenvalue weighted by molar-refractivity contribution is 7.89. The van der Waals surface area contributed by atoms with Crippen molar-refractivity contribution in [3.05, 3.63) is 81.9 Å². The highest BCUT2D eigenvalue weighted by Crippen LogP contribution is 2.38. The Morgan fingerprint density at radius 2 is 1.38 bits per heavy atom. The van der Waals surface area contributed by atoms with Gasteiger partial charge in [0, 0.05) is 18.1 Å². The summed E-state index contributed by atoms with van der Waals surface area (Å²) in [5, 5.41) is 15.6. The maximum Gasteiger partial charge on any atom is 0.296 e. The molecule has 3 N–H and O–H groups in total. The van der Waals surface area contributed by atoms with E-state index in [-0.39, 0.29) is 33.9 Å². The highest BCUT2D eigenvalue weighted by Gasteiger charge is 2.33. The topological polar surface area (TPSA) is 239 Å². The van der Waals surface area contributed by atoms with Crippen LogP contribution in [-0.4, -0.2) is 51.8 Å². The van der Waals surface area contributed by atoms with Crippen LogP contribution in [0.25, 0.3) is 0 Å². The Morgan fingerprint density at radius 1 is 0.738 bits per heavy atom. The molecule has 1 aliphatic rings. The molecular formula is C24H20N4O11S3. The summed E-state index contributed by atoms with van der Waals surface area (Å²) in [4.78, 5) is 11.3. The van der Waals surface area contributed by atoms with Crippen LogP contribution in [0.5, 0.6) is 5.75 Å². The van der Waals surface area contributed by atoms with E-state index in [1.807, 2.05) is 0 Å². The Morgan fingerprint density at radius 3 is 2.00 bits per heavy atom. The fourth-order valence-electron chi connectivity index (χ4n) is 3.90. The molecular weight excluding hydrogens is 616 g/mol. The molecule has 4 rings (SSSR count). The van der Waals surface area contributed by atoms with Gasteiger partial charge in [-0.3, -0.25) is 18.5 Å². The van der Waals surface area contributed by atoms with E-state index in [0.29, 0.717) is 5.56 Å². The van der Waals surface area contributed by atoms with Gasteiger partial charge in [0.15, 0.2) is 5.70 Å². The van der Waals surface area contributed by atoms with Crippen LogP contribution in [0.1, 0.15) is 21.5 Å². The van der Waals surface area contributed by atoms with Gasteiger partial charge in [0.1, 0.15) is 26.9 Å². The van der Waals surface area contributed by atoms with Gasteiger partial charge in [-0.25, -0.2) is 0 Å². The smallest absolute Gasteiger partial charge is 0.296 e. The van der Waals surface area contributed by atoms with Crippen LogP contribution >= 0.6 is 0 Å². The van der Waals surface area contributed by atoms with Crippen LogP contribution in [0.15, 0.2) is 95.4 Å². The van der Waals surface area contributed by atoms with E-state index in [1.165, 1.54) is 37.4 Å². The number of Topliss-reactive ketones (excluding diaryl/α,β-unsaturated/α-hetero) is 1. The number of rotatable bonds is 8. The molecule has 0 atom stereocenters. The number of aryl methyl sites for hydroxylation is 1. The number of carbonyl (C=O) groups is 1. The van der Waals surface area contributed by atoms with Crippen LogP contribution in [0, 0.1) is 6.92 Å². The molecule has 0 heterocycles. The molecule has 0 saturated heterocycles. The van der Waals surface area contributed by atoms with E-state index in [2.05, 4.69) is 20.5 Å². The maximum atomic E-state index is 13.1. The number of nitrogens with zero attached hydrogens (tertiary/aromatic N) is 4. The Labute approximate surface area is 239 Å². The van der Waals surface area contributed by atoms with Gasteiger partial charge in [0.05, 0.1) is 17.7 Å². The van der Waals surface area contributed by atoms with E-state index in [9.17, 15) is 43.7 Å². The quantitative estimate of drug-likeness (QED) is 0.229. The van der Waals surface area contributed by atoms with Crippen molar-refractivity contribution >= 4 is 53.2 Å². The lowest BCUT2D eigenvalue weighted by atomic mass is 9.94. The number of hydrogen-bond acceptors (Lipinski definition) is 12. The Balaban J connectivity index is 1.74. The van der Waals surface area contributed by atoms with Crippen LogP contribution in [0.2, 0.25) is 0 Å². The molecule has 18 heteroatoms. The standard InChI is InChI=1S/C24H20N4O11S3/c1-13-9-19(20(39-2)12-18(13)26-25-17-5-3-4-6-21(17)41(33,34)35)27-28-23-22(42(36,37)38)11-14-10-15(40(30,31)32)7-8-16(14)24(23)29/h3-10,12H,11H2,1-2H3,(H,30,31,32)(H,33,34,35)(H,36,37,38). The average Bonchev–Trinajstić information content (AvgIpc) is 2.90. The SMILES string of the molecule is COc1cc(N=Nc2ccccc2S(=O)(=O)O)c(C)cc1N=NC1=C(S(=O)(=O)O)Cc2cc(S(=O)(=O)O)ccc2C1=O. The molecule has 0 radical (unpaired) electrons. The number of allylic oxidation sites excluding steroid dienone is 2. The number of carbonyl (C=O) groups excluding carboxylic acids is 1. The third-order valence-electron chi connectivity index (χ3n) is 5.92. The molecule has 0 amide bonds. The van der Waals surface area contributed by atoms with Gasteiger partial charge in [-0.1, -0.05) is 12.1 Å². The van der Waals surface area contributed by atoms with E-state index in [0.717, 1.165) is 24.3 Å². The number of ketones is 1. The van der Waals surface area contributed by atoms with Gasteiger partial charge in [0.2, 0.25) is 5.78 Å². The van der Waals surface area contributed by atoms with Crippen molar-refractivity contribution in [2.24, 2.45) is 20.5 Å². The number of methoxy groups -OCH3 is 1. The van der Waals surface area contributed by atoms with Gasteiger partial charge in [-0.2, -0.15) is 30.4 Å². The molecule has 0 saturated carbocycles. The molecule has 0 bridgehead atoms. The van der Waals surface area contributed by atoms with Crippen LogP contribution in [-0.2, 0) is 36.8 Å².